The molecule has 3 aromatic carbocycles. The van der Waals surface area contributed by atoms with Gasteiger partial charge in [-0.25, -0.2) is 9.69 Å². The molecule has 0 aliphatic carbocycles. The van der Waals surface area contributed by atoms with Crippen molar-refractivity contribution in [1.82, 2.24) is 5.32 Å². The fraction of sp³-hybridized carbons (Fsp3) is 0.148. The SMILES string of the molecule is COc1ccc(/C=C2\C(=O)NC(=O)N(c3cc(C)ccc3C)C2=O)c(OCc2ccc(Cl)cc2Cl)c1. The maximum atomic E-state index is 13.4. The smallest absolute Gasteiger partial charge is 0.335 e. The van der Waals surface area contributed by atoms with Crippen LogP contribution in [0.25, 0.3) is 6.08 Å². The molecule has 1 fully saturated rings. The molecule has 0 unspecified atom stereocenters. The quantitative estimate of drug-likeness (QED) is 0.322. The van der Waals surface area contributed by atoms with Crippen LogP contribution in [0.15, 0.2) is 60.2 Å². The first-order valence-electron chi connectivity index (χ1n) is 10.9. The van der Waals surface area contributed by atoms with Crippen molar-refractivity contribution in [3.63, 3.8) is 0 Å². The molecule has 9 heteroatoms. The Labute approximate surface area is 218 Å². The zero-order valence-corrected chi connectivity index (χ0v) is 21.2. The summed E-state index contributed by atoms with van der Waals surface area (Å²) in [6.07, 6.45) is 1.39. The predicted octanol–water partition coefficient (Wildman–Crippen LogP) is 5.86. The lowest BCUT2D eigenvalue weighted by atomic mass is 10.0. The molecule has 1 aliphatic heterocycles. The molecule has 4 rings (SSSR count). The third kappa shape index (κ3) is 5.22. The van der Waals surface area contributed by atoms with Crippen molar-refractivity contribution in [1.29, 1.82) is 0 Å². The number of ether oxygens (including phenoxy) is 2. The fourth-order valence-corrected chi connectivity index (χ4v) is 4.14. The standard InChI is InChI=1S/C27H22Cl2N2O5/c1-15-4-5-16(2)23(10-15)31-26(33)21(25(32)30-27(31)34)11-17-7-9-20(35-3)13-24(17)36-14-18-6-8-19(28)12-22(18)29/h4-13H,14H2,1-3H3,(H,30,32,34)/b21-11+. The number of halogens is 2. The number of nitrogens with one attached hydrogen (secondary N) is 1. The molecule has 7 nitrogen and oxygen atoms in total. The number of urea groups is 1. The third-order valence-corrected chi connectivity index (χ3v) is 6.21. The molecule has 0 bridgehead atoms. The highest BCUT2D eigenvalue weighted by Crippen LogP contribution is 2.31. The summed E-state index contributed by atoms with van der Waals surface area (Å²) < 4.78 is 11.3. The van der Waals surface area contributed by atoms with Gasteiger partial charge in [-0.05, 0) is 61.4 Å². The molecule has 0 spiro atoms. The molecule has 3 aromatic rings. The Hall–Kier alpha value is -3.81. The number of hydrogen-bond acceptors (Lipinski definition) is 5. The highest BCUT2D eigenvalue weighted by molar-refractivity contribution is 6.39. The summed E-state index contributed by atoms with van der Waals surface area (Å²) in [4.78, 5) is 39.7. The number of carbonyl (C=O) groups excluding carboxylic acids is 3. The first-order chi connectivity index (χ1) is 17.2. The van der Waals surface area contributed by atoms with Crippen LogP contribution in [0.3, 0.4) is 0 Å². The summed E-state index contributed by atoms with van der Waals surface area (Å²) in [6, 6.07) is 14.6. The zero-order valence-electron chi connectivity index (χ0n) is 19.7. The van der Waals surface area contributed by atoms with Crippen molar-refractivity contribution in [3.05, 3.63) is 92.5 Å². The van der Waals surface area contributed by atoms with Gasteiger partial charge in [0.1, 0.15) is 23.7 Å². The number of amides is 4. The summed E-state index contributed by atoms with van der Waals surface area (Å²) in [5, 5.41) is 3.19. The van der Waals surface area contributed by atoms with Gasteiger partial charge in [-0.15, -0.1) is 0 Å². The molecular formula is C27H22Cl2N2O5. The molecule has 184 valence electrons. The van der Waals surface area contributed by atoms with Crippen LogP contribution >= 0.6 is 23.2 Å². The van der Waals surface area contributed by atoms with E-state index in [0.717, 1.165) is 10.5 Å². The Balaban J connectivity index is 1.71. The molecule has 0 aromatic heterocycles. The second kappa shape index (κ2) is 10.4. The minimum absolute atomic E-state index is 0.104. The summed E-state index contributed by atoms with van der Waals surface area (Å²) in [6.45, 7) is 3.74. The van der Waals surface area contributed by atoms with E-state index >= 15 is 0 Å². The molecule has 0 radical (unpaired) electrons. The van der Waals surface area contributed by atoms with Crippen LogP contribution in [0, 0.1) is 13.8 Å². The minimum Gasteiger partial charge on any atom is -0.497 e. The maximum absolute atomic E-state index is 13.4. The lowest BCUT2D eigenvalue weighted by Crippen LogP contribution is -2.54. The number of aryl methyl sites for hydroxylation is 2. The van der Waals surface area contributed by atoms with E-state index in [0.29, 0.717) is 43.9 Å². The lowest BCUT2D eigenvalue weighted by molar-refractivity contribution is -0.122. The number of benzene rings is 3. The van der Waals surface area contributed by atoms with E-state index in [-0.39, 0.29) is 12.2 Å². The van der Waals surface area contributed by atoms with Gasteiger partial charge in [0.15, 0.2) is 0 Å². The Kier molecular flexibility index (Phi) is 7.33. The number of imide groups is 2. The van der Waals surface area contributed by atoms with Gasteiger partial charge < -0.3 is 9.47 Å². The average molecular weight is 525 g/mol. The van der Waals surface area contributed by atoms with E-state index in [9.17, 15) is 14.4 Å². The first-order valence-corrected chi connectivity index (χ1v) is 11.7. The zero-order chi connectivity index (χ0) is 26.0. The number of methoxy groups -OCH3 is 1. The molecular weight excluding hydrogens is 503 g/mol. The molecule has 4 amide bonds. The molecule has 36 heavy (non-hydrogen) atoms. The maximum Gasteiger partial charge on any atom is 0.335 e. The van der Waals surface area contributed by atoms with Gasteiger partial charge in [-0.2, -0.15) is 0 Å². The minimum atomic E-state index is -0.806. The number of anilines is 1. The topological polar surface area (TPSA) is 84.9 Å². The Morgan fingerprint density at radius 1 is 0.972 bits per heavy atom. The second-order valence-corrected chi connectivity index (χ2v) is 9.02. The van der Waals surface area contributed by atoms with E-state index in [1.54, 1.807) is 49.4 Å². The van der Waals surface area contributed by atoms with E-state index in [2.05, 4.69) is 5.32 Å². The lowest BCUT2D eigenvalue weighted by Gasteiger charge is -2.28. The van der Waals surface area contributed by atoms with Gasteiger partial charge in [0.25, 0.3) is 11.8 Å². The summed E-state index contributed by atoms with van der Waals surface area (Å²) in [5.41, 5.74) is 2.90. The summed E-state index contributed by atoms with van der Waals surface area (Å²) in [5.74, 6) is -0.668. The number of barbiturate groups is 1. The molecule has 0 atom stereocenters. The molecule has 1 heterocycles. The van der Waals surface area contributed by atoms with Crippen LogP contribution in [-0.2, 0) is 16.2 Å². The van der Waals surface area contributed by atoms with Crippen molar-refractivity contribution in [2.45, 2.75) is 20.5 Å². The van der Waals surface area contributed by atoms with Crippen molar-refractivity contribution in [3.8, 4) is 11.5 Å². The highest BCUT2D eigenvalue weighted by atomic mass is 35.5. The molecule has 1 N–H and O–H groups in total. The van der Waals surface area contributed by atoms with Gasteiger partial charge in [-0.1, -0.05) is 41.4 Å². The van der Waals surface area contributed by atoms with Gasteiger partial charge in [0, 0.05) is 27.2 Å². The Morgan fingerprint density at radius 3 is 2.47 bits per heavy atom. The van der Waals surface area contributed by atoms with Gasteiger partial charge >= 0.3 is 6.03 Å². The fourth-order valence-electron chi connectivity index (χ4n) is 3.67. The number of rotatable bonds is 6. The van der Waals surface area contributed by atoms with Crippen LogP contribution in [0.2, 0.25) is 10.0 Å². The molecule has 0 saturated carbocycles. The normalized spacial score (nSPS) is 14.8. The average Bonchev–Trinajstić information content (AvgIpc) is 2.83. The molecule has 1 saturated heterocycles. The predicted molar refractivity (Wildman–Crippen MR) is 139 cm³/mol. The van der Waals surface area contributed by atoms with Crippen LogP contribution < -0.4 is 19.7 Å². The summed E-state index contributed by atoms with van der Waals surface area (Å²) in [7, 11) is 1.51. The third-order valence-electron chi connectivity index (χ3n) is 5.63. The Bertz CT molecular complexity index is 1420. The highest BCUT2D eigenvalue weighted by Gasteiger charge is 2.37. The van der Waals surface area contributed by atoms with Gasteiger partial charge in [0.05, 0.1) is 12.8 Å². The van der Waals surface area contributed by atoms with E-state index in [1.165, 1.54) is 13.2 Å². The first kappa shape index (κ1) is 25.3. The van der Waals surface area contributed by atoms with Crippen LogP contribution in [-0.4, -0.2) is 25.0 Å². The van der Waals surface area contributed by atoms with Gasteiger partial charge in [0.2, 0.25) is 0 Å². The molecule has 1 aliphatic rings. The monoisotopic (exact) mass is 524 g/mol. The number of hydrogen-bond donors (Lipinski definition) is 1. The largest absolute Gasteiger partial charge is 0.497 e. The summed E-state index contributed by atoms with van der Waals surface area (Å²) >= 11 is 12.2. The number of nitrogens with zero attached hydrogens (tertiary/aromatic N) is 1. The van der Waals surface area contributed by atoms with E-state index < -0.39 is 17.8 Å². The van der Waals surface area contributed by atoms with Crippen LogP contribution in [0.1, 0.15) is 22.3 Å². The van der Waals surface area contributed by atoms with Crippen molar-refractivity contribution < 1.29 is 23.9 Å². The van der Waals surface area contributed by atoms with E-state index in [4.69, 9.17) is 32.7 Å². The van der Waals surface area contributed by atoms with Crippen LogP contribution in [0.5, 0.6) is 11.5 Å². The van der Waals surface area contributed by atoms with Crippen molar-refractivity contribution >= 4 is 52.8 Å². The van der Waals surface area contributed by atoms with Gasteiger partial charge in [-0.3, -0.25) is 14.9 Å². The number of carbonyl (C=O) groups is 3. The van der Waals surface area contributed by atoms with Crippen molar-refractivity contribution in [2.24, 2.45) is 0 Å². The Morgan fingerprint density at radius 2 is 1.75 bits per heavy atom. The van der Waals surface area contributed by atoms with Crippen LogP contribution in [0.4, 0.5) is 10.5 Å². The second-order valence-electron chi connectivity index (χ2n) is 8.18. The van der Waals surface area contributed by atoms with Crippen molar-refractivity contribution in [2.75, 3.05) is 12.0 Å². The van der Waals surface area contributed by atoms with E-state index in [1.807, 2.05) is 19.1 Å².